The fraction of sp³-hybridized carbons (Fsp3) is 0.0169. The first-order chi connectivity index (χ1) is 29.8. The van der Waals surface area contributed by atoms with Gasteiger partial charge in [-0.05, 0) is 125 Å². The molecule has 13 rings (SSSR count). The van der Waals surface area contributed by atoms with E-state index < -0.39 is 5.41 Å². The van der Waals surface area contributed by atoms with Gasteiger partial charge < -0.3 is 4.90 Å². The van der Waals surface area contributed by atoms with E-state index >= 15 is 0 Å². The van der Waals surface area contributed by atoms with Gasteiger partial charge in [0.15, 0.2) is 0 Å². The lowest BCUT2D eigenvalue weighted by Gasteiger charge is -2.35. The molecular weight excluding hydrogens is 723 g/mol. The standard InChI is InChI=1S/C59H37N/c1-3-18-39(19-4-1)59(40-20-5-2-6-21-40)54-30-12-11-24-46(54)47-35-33-42(37-55(47)59)60(56-31-13-17-38-16-7-8-22-43(38)56)41-32-34-45-50-27-15-28-51-52-29-14-26-49(58(52)53(45)36-41)44-23-9-10-25-48(44)57(50)51/h1-37H. The van der Waals surface area contributed by atoms with Crippen molar-refractivity contribution in [1.29, 1.82) is 0 Å². The first-order valence-electron chi connectivity index (χ1n) is 20.9. The molecule has 0 amide bonds. The lowest BCUT2D eigenvalue weighted by atomic mass is 9.67. The molecule has 6 bridgehead atoms. The second-order valence-corrected chi connectivity index (χ2v) is 16.3. The van der Waals surface area contributed by atoms with Crippen LogP contribution < -0.4 is 4.90 Å². The van der Waals surface area contributed by atoms with E-state index in [1.807, 2.05) is 0 Å². The molecule has 60 heavy (non-hydrogen) atoms. The van der Waals surface area contributed by atoms with Crippen LogP contribution in [0.2, 0.25) is 0 Å². The summed E-state index contributed by atoms with van der Waals surface area (Å²) < 4.78 is 0. The molecule has 0 heterocycles. The largest absolute Gasteiger partial charge is 0.310 e. The van der Waals surface area contributed by atoms with Gasteiger partial charge in [0.1, 0.15) is 0 Å². The lowest BCUT2D eigenvalue weighted by Crippen LogP contribution is -2.28. The van der Waals surface area contributed by atoms with Crippen molar-refractivity contribution in [1.82, 2.24) is 0 Å². The van der Waals surface area contributed by atoms with Gasteiger partial charge in [0, 0.05) is 16.8 Å². The summed E-state index contributed by atoms with van der Waals surface area (Å²) in [6, 6.07) is 83.9. The summed E-state index contributed by atoms with van der Waals surface area (Å²) in [4.78, 5) is 2.51. The van der Waals surface area contributed by atoms with Crippen LogP contribution in [0.1, 0.15) is 22.3 Å². The Bertz CT molecular complexity index is 3310. The molecule has 10 aromatic carbocycles. The quantitative estimate of drug-likeness (QED) is 0.169. The molecule has 0 aromatic heterocycles. The average Bonchev–Trinajstić information content (AvgIpc) is 3.56. The average molecular weight is 760 g/mol. The van der Waals surface area contributed by atoms with Crippen LogP contribution in [-0.4, -0.2) is 0 Å². The number of rotatable bonds is 5. The van der Waals surface area contributed by atoms with Crippen molar-refractivity contribution >= 4 is 27.8 Å². The van der Waals surface area contributed by atoms with Gasteiger partial charge in [0.25, 0.3) is 0 Å². The van der Waals surface area contributed by atoms with Gasteiger partial charge in [-0.15, -0.1) is 0 Å². The maximum absolute atomic E-state index is 2.51. The monoisotopic (exact) mass is 759 g/mol. The van der Waals surface area contributed by atoms with E-state index in [1.165, 1.54) is 99.8 Å². The molecule has 0 N–H and O–H groups in total. The molecule has 0 atom stereocenters. The molecular formula is C59H37N. The zero-order chi connectivity index (χ0) is 39.4. The summed E-state index contributed by atoms with van der Waals surface area (Å²) >= 11 is 0. The topological polar surface area (TPSA) is 3.24 Å². The summed E-state index contributed by atoms with van der Waals surface area (Å²) in [5.41, 5.74) is 23.5. The maximum atomic E-state index is 2.51. The van der Waals surface area contributed by atoms with Crippen molar-refractivity contribution in [2.24, 2.45) is 0 Å². The second-order valence-electron chi connectivity index (χ2n) is 16.3. The van der Waals surface area contributed by atoms with Crippen LogP contribution in [0.5, 0.6) is 0 Å². The second kappa shape index (κ2) is 12.6. The number of anilines is 3. The lowest BCUT2D eigenvalue weighted by molar-refractivity contribution is 0.768. The Morgan fingerprint density at radius 1 is 0.283 bits per heavy atom. The van der Waals surface area contributed by atoms with Crippen molar-refractivity contribution in [3.8, 4) is 66.8 Å². The van der Waals surface area contributed by atoms with Crippen LogP contribution in [0.25, 0.3) is 77.5 Å². The fourth-order valence-corrected chi connectivity index (χ4v) is 11.0. The highest BCUT2D eigenvalue weighted by Crippen LogP contribution is 2.60. The first-order valence-corrected chi connectivity index (χ1v) is 20.9. The molecule has 0 saturated carbocycles. The van der Waals surface area contributed by atoms with Crippen LogP contribution in [0, 0.1) is 0 Å². The fourth-order valence-electron chi connectivity index (χ4n) is 11.0. The molecule has 0 fully saturated rings. The van der Waals surface area contributed by atoms with Crippen molar-refractivity contribution < 1.29 is 0 Å². The summed E-state index contributed by atoms with van der Waals surface area (Å²) in [5, 5.41) is 2.42. The Morgan fingerprint density at radius 3 is 1.47 bits per heavy atom. The number of hydrogen-bond donors (Lipinski definition) is 0. The predicted molar refractivity (Wildman–Crippen MR) is 250 cm³/mol. The van der Waals surface area contributed by atoms with Gasteiger partial charge in [0.05, 0.1) is 11.1 Å². The van der Waals surface area contributed by atoms with Crippen molar-refractivity contribution in [3.05, 3.63) is 247 Å². The number of nitrogens with zero attached hydrogens (tertiary/aromatic N) is 1. The van der Waals surface area contributed by atoms with Crippen LogP contribution in [-0.2, 0) is 5.41 Å². The van der Waals surface area contributed by atoms with E-state index in [1.54, 1.807) is 0 Å². The highest BCUT2D eigenvalue weighted by Gasteiger charge is 2.46. The van der Waals surface area contributed by atoms with E-state index in [-0.39, 0.29) is 0 Å². The Labute approximate surface area is 350 Å². The summed E-state index contributed by atoms with van der Waals surface area (Å²) in [7, 11) is 0. The molecule has 0 spiro atoms. The third-order valence-electron chi connectivity index (χ3n) is 13.4. The molecule has 0 aliphatic heterocycles. The molecule has 3 aliphatic carbocycles. The highest BCUT2D eigenvalue weighted by molar-refractivity contribution is 6.15. The molecule has 1 heteroatoms. The minimum Gasteiger partial charge on any atom is -0.310 e. The van der Waals surface area contributed by atoms with E-state index in [0.717, 1.165) is 17.1 Å². The van der Waals surface area contributed by atoms with E-state index in [0.29, 0.717) is 0 Å². The molecule has 10 aromatic rings. The number of benzene rings is 10. The third-order valence-corrected chi connectivity index (χ3v) is 13.4. The molecule has 0 radical (unpaired) electrons. The minimum atomic E-state index is -0.513. The summed E-state index contributed by atoms with van der Waals surface area (Å²) in [5.74, 6) is 0. The Hall–Kier alpha value is -7.74. The van der Waals surface area contributed by atoms with Crippen LogP contribution >= 0.6 is 0 Å². The maximum Gasteiger partial charge on any atom is 0.0714 e. The SMILES string of the molecule is c1ccc(C2(c3ccccc3)c3ccccc3-c3ccc(N(c4ccc5c(c4)-c4c6cccc4-c4cccc-5c4-c4ccccc4-6)c4cccc5ccccc45)cc32)cc1. The van der Waals surface area contributed by atoms with Crippen LogP contribution in [0.15, 0.2) is 224 Å². The summed E-state index contributed by atoms with van der Waals surface area (Å²) in [6.07, 6.45) is 0. The van der Waals surface area contributed by atoms with Crippen LogP contribution in [0.4, 0.5) is 17.1 Å². The van der Waals surface area contributed by atoms with Gasteiger partial charge in [-0.2, -0.15) is 0 Å². The minimum absolute atomic E-state index is 0.513. The van der Waals surface area contributed by atoms with E-state index in [4.69, 9.17) is 0 Å². The molecule has 0 saturated heterocycles. The van der Waals surface area contributed by atoms with Gasteiger partial charge >= 0.3 is 0 Å². The highest BCUT2D eigenvalue weighted by atomic mass is 15.1. The normalized spacial score (nSPS) is 13.1. The Kier molecular flexibility index (Phi) is 7.00. The molecule has 278 valence electrons. The predicted octanol–water partition coefficient (Wildman–Crippen LogP) is 15.6. The van der Waals surface area contributed by atoms with Crippen molar-refractivity contribution in [2.75, 3.05) is 4.90 Å². The molecule has 1 nitrogen and oxygen atoms in total. The van der Waals surface area contributed by atoms with Crippen molar-refractivity contribution in [3.63, 3.8) is 0 Å². The zero-order valence-corrected chi connectivity index (χ0v) is 32.8. The van der Waals surface area contributed by atoms with E-state index in [2.05, 4.69) is 229 Å². The summed E-state index contributed by atoms with van der Waals surface area (Å²) in [6.45, 7) is 0. The van der Waals surface area contributed by atoms with Crippen molar-refractivity contribution in [2.45, 2.75) is 5.41 Å². The van der Waals surface area contributed by atoms with Gasteiger partial charge in [0.2, 0.25) is 0 Å². The Balaban J connectivity index is 1.11. The van der Waals surface area contributed by atoms with Gasteiger partial charge in [-0.25, -0.2) is 0 Å². The number of hydrogen-bond acceptors (Lipinski definition) is 1. The number of fused-ring (bicyclic) bond motifs is 8. The molecule has 0 unspecified atom stereocenters. The van der Waals surface area contributed by atoms with Gasteiger partial charge in [-0.1, -0.05) is 194 Å². The van der Waals surface area contributed by atoms with Crippen LogP contribution in [0.3, 0.4) is 0 Å². The smallest absolute Gasteiger partial charge is 0.0714 e. The Morgan fingerprint density at radius 2 is 0.750 bits per heavy atom. The van der Waals surface area contributed by atoms with E-state index in [9.17, 15) is 0 Å². The first kappa shape index (κ1) is 33.3. The van der Waals surface area contributed by atoms with Gasteiger partial charge in [-0.3, -0.25) is 0 Å². The zero-order valence-electron chi connectivity index (χ0n) is 32.8. The molecule has 3 aliphatic rings. The third kappa shape index (κ3) is 4.47.